The van der Waals surface area contributed by atoms with Gasteiger partial charge in [0.15, 0.2) is 0 Å². The van der Waals surface area contributed by atoms with Crippen molar-refractivity contribution in [3.8, 4) is 0 Å². The maximum Gasteiger partial charge on any atom is 0.326 e. The monoisotopic (exact) mass is 476 g/mol. The molecule has 0 saturated carbocycles. The molecule has 15 heteroatoms. The fourth-order valence-electron chi connectivity index (χ4n) is 2.64. The van der Waals surface area contributed by atoms with Gasteiger partial charge in [-0.25, -0.2) is 4.79 Å². The summed E-state index contributed by atoms with van der Waals surface area (Å²) < 4.78 is 0. The zero-order valence-electron chi connectivity index (χ0n) is 18.2. The molecule has 0 aliphatic rings. The second kappa shape index (κ2) is 14.7. The van der Waals surface area contributed by atoms with Crippen molar-refractivity contribution in [2.45, 2.75) is 69.3 Å². The standard InChI is InChI=1S/C18H32N6O9/c1-8(25)14(17(31)23-11(18(32)33)7-12(21)26)24-16(30)10(4-2-3-5-19)22-15(29)9(20)6-13(27)28/h8-11,14,25H,2-7,19-20H2,1H3,(H2,21,26)(H,22,29)(H,23,31)(H,24,30)(H,27,28)(H,32,33). The number of carboxylic acid groups (broad SMARTS) is 2. The number of primary amides is 1. The number of unbranched alkanes of at least 4 members (excludes halogenated alkanes) is 1. The largest absolute Gasteiger partial charge is 0.481 e. The molecule has 0 aromatic heterocycles. The Kier molecular flexibility index (Phi) is 13.2. The molecule has 0 aliphatic heterocycles. The van der Waals surface area contributed by atoms with Crippen molar-refractivity contribution in [3.05, 3.63) is 0 Å². The lowest BCUT2D eigenvalue weighted by molar-refractivity contribution is -0.144. The smallest absolute Gasteiger partial charge is 0.326 e. The first-order chi connectivity index (χ1) is 15.3. The molecule has 0 rings (SSSR count). The van der Waals surface area contributed by atoms with Gasteiger partial charge >= 0.3 is 11.9 Å². The molecule has 0 spiro atoms. The van der Waals surface area contributed by atoms with Crippen molar-refractivity contribution in [2.75, 3.05) is 6.54 Å². The van der Waals surface area contributed by atoms with E-state index >= 15 is 0 Å². The Morgan fingerprint density at radius 3 is 1.88 bits per heavy atom. The average molecular weight is 476 g/mol. The Labute approximate surface area is 189 Å². The molecule has 0 heterocycles. The normalized spacial score (nSPS) is 15.3. The number of aliphatic carboxylic acids is 2. The Morgan fingerprint density at radius 2 is 1.42 bits per heavy atom. The molecule has 0 saturated heterocycles. The number of nitrogens with two attached hydrogens (primary N) is 3. The Bertz CT molecular complexity index is 730. The predicted molar refractivity (Wildman–Crippen MR) is 112 cm³/mol. The Balaban J connectivity index is 5.45. The summed E-state index contributed by atoms with van der Waals surface area (Å²) >= 11 is 0. The van der Waals surface area contributed by atoms with E-state index in [1.807, 2.05) is 5.32 Å². The number of carboxylic acids is 2. The van der Waals surface area contributed by atoms with Crippen LogP contribution in [-0.2, 0) is 28.8 Å². The minimum absolute atomic E-state index is 0.0577. The number of carbonyl (C=O) groups excluding carboxylic acids is 4. The molecule has 0 aliphatic carbocycles. The molecule has 5 atom stereocenters. The second-order valence-corrected chi connectivity index (χ2v) is 7.35. The van der Waals surface area contributed by atoms with Crippen molar-refractivity contribution in [2.24, 2.45) is 17.2 Å². The van der Waals surface area contributed by atoms with E-state index in [-0.39, 0.29) is 6.42 Å². The van der Waals surface area contributed by atoms with E-state index in [4.69, 9.17) is 27.4 Å². The summed E-state index contributed by atoms with van der Waals surface area (Å²) in [6, 6.07) is -6.02. The summed E-state index contributed by atoms with van der Waals surface area (Å²) in [6.07, 6.45) is -1.96. The molecule has 15 nitrogen and oxygen atoms in total. The van der Waals surface area contributed by atoms with E-state index < -0.39 is 78.7 Å². The molecule has 0 fully saturated rings. The fourth-order valence-corrected chi connectivity index (χ4v) is 2.64. The van der Waals surface area contributed by atoms with Gasteiger partial charge in [0.1, 0.15) is 18.1 Å². The first kappa shape index (κ1) is 29.7. The molecule has 33 heavy (non-hydrogen) atoms. The summed E-state index contributed by atoms with van der Waals surface area (Å²) in [5.74, 6) is -6.82. The summed E-state index contributed by atoms with van der Waals surface area (Å²) in [5.41, 5.74) is 15.9. The zero-order chi connectivity index (χ0) is 25.7. The van der Waals surface area contributed by atoms with Crippen LogP contribution in [0, 0.1) is 0 Å². The van der Waals surface area contributed by atoms with Crippen LogP contribution in [0.25, 0.3) is 0 Å². The van der Waals surface area contributed by atoms with Crippen LogP contribution in [0.5, 0.6) is 0 Å². The highest BCUT2D eigenvalue weighted by Gasteiger charge is 2.33. The van der Waals surface area contributed by atoms with Gasteiger partial charge in [-0.05, 0) is 32.7 Å². The van der Waals surface area contributed by atoms with Gasteiger partial charge in [-0.2, -0.15) is 0 Å². The van der Waals surface area contributed by atoms with E-state index in [1.54, 1.807) is 0 Å². The van der Waals surface area contributed by atoms with Crippen LogP contribution in [0.1, 0.15) is 39.0 Å². The molecular formula is C18H32N6O9. The maximum atomic E-state index is 12.7. The van der Waals surface area contributed by atoms with Crippen molar-refractivity contribution in [1.82, 2.24) is 16.0 Å². The highest BCUT2D eigenvalue weighted by molar-refractivity contribution is 5.95. The quantitative estimate of drug-likeness (QED) is 0.0960. The Morgan fingerprint density at radius 1 is 0.848 bits per heavy atom. The van der Waals surface area contributed by atoms with Gasteiger partial charge < -0.3 is 48.5 Å². The zero-order valence-corrected chi connectivity index (χ0v) is 18.2. The molecule has 188 valence electrons. The van der Waals surface area contributed by atoms with Crippen LogP contribution in [0.15, 0.2) is 0 Å². The first-order valence-corrected chi connectivity index (χ1v) is 10.1. The molecule has 0 aromatic rings. The topological polar surface area (TPSA) is 277 Å². The van der Waals surface area contributed by atoms with Crippen LogP contribution < -0.4 is 33.2 Å². The first-order valence-electron chi connectivity index (χ1n) is 10.1. The minimum atomic E-state index is -1.69. The predicted octanol–water partition coefficient (Wildman–Crippen LogP) is -4.29. The van der Waals surface area contributed by atoms with Crippen LogP contribution in [0.2, 0.25) is 0 Å². The van der Waals surface area contributed by atoms with E-state index in [9.17, 15) is 33.9 Å². The number of carbonyl (C=O) groups is 6. The summed E-state index contributed by atoms with van der Waals surface area (Å²) in [5, 5.41) is 34.3. The number of amides is 4. The second-order valence-electron chi connectivity index (χ2n) is 7.35. The molecule has 5 unspecified atom stereocenters. The number of nitrogens with one attached hydrogen (secondary N) is 3. The van der Waals surface area contributed by atoms with Crippen molar-refractivity contribution in [1.29, 1.82) is 0 Å². The third-order valence-corrected chi connectivity index (χ3v) is 4.39. The van der Waals surface area contributed by atoms with Crippen molar-refractivity contribution in [3.63, 3.8) is 0 Å². The SMILES string of the molecule is CC(O)C(NC(=O)C(CCCCN)NC(=O)C(N)CC(=O)O)C(=O)NC(CC(N)=O)C(=O)O. The van der Waals surface area contributed by atoms with Gasteiger partial charge in [-0.3, -0.25) is 24.0 Å². The summed E-state index contributed by atoms with van der Waals surface area (Å²) in [4.78, 5) is 70.3. The van der Waals surface area contributed by atoms with E-state index in [0.717, 1.165) is 6.92 Å². The average Bonchev–Trinajstić information content (AvgIpc) is 2.69. The summed E-state index contributed by atoms with van der Waals surface area (Å²) in [6.45, 7) is 1.45. The molecule has 0 bridgehead atoms. The lowest BCUT2D eigenvalue weighted by atomic mass is 10.1. The highest BCUT2D eigenvalue weighted by atomic mass is 16.4. The van der Waals surface area contributed by atoms with Gasteiger partial charge in [-0.15, -0.1) is 0 Å². The molecule has 4 amide bonds. The number of hydrogen-bond donors (Lipinski definition) is 9. The highest BCUT2D eigenvalue weighted by Crippen LogP contribution is 2.05. The van der Waals surface area contributed by atoms with Crippen LogP contribution in [-0.4, -0.2) is 87.7 Å². The molecule has 0 aromatic carbocycles. The van der Waals surface area contributed by atoms with Crippen molar-refractivity contribution < 1.29 is 44.1 Å². The fraction of sp³-hybridized carbons (Fsp3) is 0.667. The van der Waals surface area contributed by atoms with Gasteiger partial charge in [-0.1, -0.05) is 0 Å². The van der Waals surface area contributed by atoms with Gasteiger partial charge in [0.05, 0.1) is 25.0 Å². The lowest BCUT2D eigenvalue weighted by Crippen LogP contribution is -2.60. The molecule has 12 N–H and O–H groups in total. The van der Waals surface area contributed by atoms with E-state index in [0.29, 0.717) is 19.4 Å². The minimum Gasteiger partial charge on any atom is -0.481 e. The van der Waals surface area contributed by atoms with Gasteiger partial charge in [0, 0.05) is 0 Å². The number of aliphatic hydroxyl groups excluding tert-OH is 1. The van der Waals surface area contributed by atoms with E-state index in [1.165, 1.54) is 0 Å². The van der Waals surface area contributed by atoms with E-state index in [2.05, 4.69) is 10.6 Å². The number of rotatable bonds is 16. The lowest BCUT2D eigenvalue weighted by Gasteiger charge is -2.26. The number of hydrogen-bond acceptors (Lipinski definition) is 9. The van der Waals surface area contributed by atoms with Gasteiger partial charge in [0.25, 0.3) is 0 Å². The molecular weight excluding hydrogens is 444 g/mol. The maximum absolute atomic E-state index is 12.7. The number of aliphatic hydroxyl groups is 1. The van der Waals surface area contributed by atoms with Crippen LogP contribution in [0.3, 0.4) is 0 Å². The Hall–Kier alpha value is -3.30. The third kappa shape index (κ3) is 11.8. The van der Waals surface area contributed by atoms with Crippen LogP contribution in [0.4, 0.5) is 0 Å². The summed E-state index contributed by atoms with van der Waals surface area (Å²) in [7, 11) is 0. The van der Waals surface area contributed by atoms with Gasteiger partial charge in [0.2, 0.25) is 23.6 Å². The third-order valence-electron chi connectivity index (χ3n) is 4.39. The van der Waals surface area contributed by atoms with Crippen molar-refractivity contribution >= 4 is 35.6 Å². The molecule has 0 radical (unpaired) electrons. The van der Waals surface area contributed by atoms with Crippen LogP contribution >= 0.6 is 0 Å².